The van der Waals surface area contributed by atoms with Gasteiger partial charge in [-0.25, -0.2) is 9.18 Å². The van der Waals surface area contributed by atoms with E-state index in [0.717, 1.165) is 18.4 Å². The fourth-order valence-corrected chi connectivity index (χ4v) is 2.77. The average molecular weight is 319 g/mol. The molecule has 1 saturated carbocycles. The van der Waals surface area contributed by atoms with Crippen molar-refractivity contribution < 1.29 is 14.0 Å². The van der Waals surface area contributed by atoms with Crippen LogP contribution in [0.3, 0.4) is 0 Å². The van der Waals surface area contributed by atoms with Crippen molar-refractivity contribution in [2.24, 2.45) is 5.92 Å². The fraction of sp³-hybridized carbons (Fsp3) is 0.529. The maximum absolute atomic E-state index is 12.8. The number of nitrogens with one attached hydrogen (secondary N) is 2. The van der Waals surface area contributed by atoms with Crippen LogP contribution < -0.4 is 10.6 Å². The molecule has 5 nitrogen and oxygen atoms in total. The Bertz CT molecular complexity index is 564. The number of urea groups is 1. The van der Waals surface area contributed by atoms with Crippen molar-refractivity contribution in [3.8, 4) is 0 Å². The molecule has 0 spiro atoms. The maximum Gasteiger partial charge on any atom is 0.317 e. The quantitative estimate of drug-likeness (QED) is 0.892. The van der Waals surface area contributed by atoms with Gasteiger partial charge in [0.05, 0.1) is 0 Å². The number of amides is 3. The molecule has 1 aliphatic heterocycles. The maximum atomic E-state index is 12.8. The lowest BCUT2D eigenvalue weighted by Crippen LogP contribution is -2.47. The van der Waals surface area contributed by atoms with Gasteiger partial charge in [-0.1, -0.05) is 12.1 Å². The molecule has 2 N–H and O–H groups in total. The number of rotatable bonds is 4. The van der Waals surface area contributed by atoms with E-state index >= 15 is 0 Å². The van der Waals surface area contributed by atoms with Gasteiger partial charge in [-0.15, -0.1) is 0 Å². The van der Waals surface area contributed by atoms with Gasteiger partial charge in [-0.05, 0) is 43.4 Å². The van der Waals surface area contributed by atoms with Crippen molar-refractivity contribution in [2.45, 2.75) is 38.3 Å². The minimum absolute atomic E-state index is 0.00216. The third kappa shape index (κ3) is 4.43. The van der Waals surface area contributed by atoms with Crippen LogP contribution in [0.5, 0.6) is 0 Å². The predicted octanol–water partition coefficient (Wildman–Crippen LogP) is 2.03. The van der Waals surface area contributed by atoms with Crippen molar-refractivity contribution in [3.63, 3.8) is 0 Å². The van der Waals surface area contributed by atoms with Crippen molar-refractivity contribution >= 4 is 11.9 Å². The van der Waals surface area contributed by atoms with E-state index in [-0.39, 0.29) is 23.7 Å². The third-order valence-corrected chi connectivity index (χ3v) is 4.44. The van der Waals surface area contributed by atoms with Crippen molar-refractivity contribution in [1.82, 2.24) is 15.5 Å². The Kier molecular flexibility index (Phi) is 4.79. The molecular weight excluding hydrogens is 297 g/mol. The topological polar surface area (TPSA) is 61.4 Å². The molecule has 0 radical (unpaired) electrons. The summed E-state index contributed by atoms with van der Waals surface area (Å²) in [5.74, 6) is -0.325. The largest absolute Gasteiger partial charge is 0.352 e. The minimum atomic E-state index is -0.281. The van der Waals surface area contributed by atoms with Crippen LogP contribution in [-0.2, 0) is 11.3 Å². The number of piperidine rings is 1. The zero-order valence-electron chi connectivity index (χ0n) is 13.1. The van der Waals surface area contributed by atoms with Crippen molar-refractivity contribution in [1.29, 1.82) is 0 Å². The van der Waals surface area contributed by atoms with Gasteiger partial charge in [-0.2, -0.15) is 0 Å². The Labute approximate surface area is 135 Å². The molecule has 0 bridgehead atoms. The summed E-state index contributed by atoms with van der Waals surface area (Å²) in [4.78, 5) is 25.9. The first-order chi connectivity index (χ1) is 11.1. The van der Waals surface area contributed by atoms with E-state index in [0.29, 0.717) is 38.5 Å². The highest BCUT2D eigenvalue weighted by atomic mass is 19.1. The highest BCUT2D eigenvalue weighted by Gasteiger charge is 2.30. The normalized spacial score (nSPS) is 18.6. The summed E-state index contributed by atoms with van der Waals surface area (Å²) in [5, 5.41) is 5.87. The van der Waals surface area contributed by atoms with Gasteiger partial charge in [0.2, 0.25) is 5.91 Å². The van der Waals surface area contributed by atoms with Crippen molar-refractivity contribution in [2.75, 3.05) is 13.1 Å². The van der Waals surface area contributed by atoms with Gasteiger partial charge in [0.1, 0.15) is 5.82 Å². The molecule has 6 heteroatoms. The number of nitrogens with zero attached hydrogens (tertiary/aromatic N) is 1. The molecule has 3 rings (SSSR count). The summed E-state index contributed by atoms with van der Waals surface area (Å²) in [5.41, 5.74) is 0.876. The standard InChI is InChI=1S/C17H22FN3O2/c18-14-3-1-12(2-4-14)11-19-16(22)13-7-9-21(10-8-13)17(23)20-15-5-6-15/h1-4,13,15H,5-11H2,(H,19,22)(H,20,23). The summed E-state index contributed by atoms with van der Waals surface area (Å²) in [6, 6.07) is 6.47. The van der Waals surface area contributed by atoms with Gasteiger partial charge in [0.15, 0.2) is 0 Å². The zero-order chi connectivity index (χ0) is 16.2. The number of hydrogen-bond acceptors (Lipinski definition) is 2. The second-order valence-corrected chi connectivity index (χ2v) is 6.33. The van der Waals surface area contributed by atoms with E-state index in [1.165, 1.54) is 12.1 Å². The first-order valence-corrected chi connectivity index (χ1v) is 8.19. The van der Waals surface area contributed by atoms with Crippen molar-refractivity contribution in [3.05, 3.63) is 35.6 Å². The Morgan fingerprint density at radius 3 is 2.35 bits per heavy atom. The van der Waals surface area contributed by atoms with Crippen LogP contribution >= 0.6 is 0 Å². The predicted molar refractivity (Wildman–Crippen MR) is 84.1 cm³/mol. The number of likely N-dealkylation sites (tertiary alicyclic amines) is 1. The number of carbonyl (C=O) groups is 2. The third-order valence-electron chi connectivity index (χ3n) is 4.44. The molecule has 1 saturated heterocycles. The van der Waals surface area contributed by atoms with Gasteiger partial charge in [0, 0.05) is 31.6 Å². The second kappa shape index (κ2) is 6.98. The van der Waals surface area contributed by atoms with Gasteiger partial charge < -0.3 is 15.5 Å². The molecule has 0 aromatic heterocycles. The first kappa shape index (κ1) is 15.8. The van der Waals surface area contributed by atoms with E-state index in [4.69, 9.17) is 0 Å². The number of benzene rings is 1. The summed E-state index contributed by atoms with van der Waals surface area (Å²) in [7, 11) is 0. The molecule has 1 heterocycles. The van der Waals surface area contributed by atoms with E-state index in [9.17, 15) is 14.0 Å². The van der Waals surface area contributed by atoms with Gasteiger partial charge in [-0.3, -0.25) is 4.79 Å². The molecule has 0 atom stereocenters. The molecule has 1 aromatic carbocycles. The van der Waals surface area contributed by atoms with E-state index < -0.39 is 0 Å². The first-order valence-electron chi connectivity index (χ1n) is 8.19. The van der Waals surface area contributed by atoms with Crippen LogP contribution in [-0.4, -0.2) is 36.0 Å². The summed E-state index contributed by atoms with van der Waals surface area (Å²) < 4.78 is 12.8. The molecule has 2 aliphatic rings. The highest BCUT2D eigenvalue weighted by molar-refractivity contribution is 5.79. The Morgan fingerprint density at radius 1 is 1.09 bits per heavy atom. The SMILES string of the molecule is O=C(NCc1ccc(F)cc1)C1CCN(C(=O)NC2CC2)CC1. The van der Waals surface area contributed by atoms with Gasteiger partial charge in [0.25, 0.3) is 0 Å². The number of halogens is 1. The summed E-state index contributed by atoms with van der Waals surface area (Å²) in [6.45, 7) is 1.64. The summed E-state index contributed by atoms with van der Waals surface area (Å²) in [6.07, 6.45) is 3.53. The smallest absolute Gasteiger partial charge is 0.317 e. The lowest BCUT2D eigenvalue weighted by Gasteiger charge is -2.31. The molecule has 2 fully saturated rings. The van der Waals surface area contributed by atoms with E-state index in [1.807, 2.05) is 0 Å². The lowest BCUT2D eigenvalue weighted by molar-refractivity contribution is -0.126. The molecule has 124 valence electrons. The van der Waals surface area contributed by atoms with Crippen LogP contribution in [0.2, 0.25) is 0 Å². The molecule has 0 unspecified atom stereocenters. The highest BCUT2D eigenvalue weighted by Crippen LogP contribution is 2.21. The number of hydrogen-bond donors (Lipinski definition) is 2. The van der Waals surface area contributed by atoms with Crippen LogP contribution in [0, 0.1) is 11.7 Å². The minimum Gasteiger partial charge on any atom is -0.352 e. The van der Waals surface area contributed by atoms with Gasteiger partial charge >= 0.3 is 6.03 Å². The van der Waals surface area contributed by atoms with Crippen LogP contribution in [0.1, 0.15) is 31.2 Å². The molecular formula is C17H22FN3O2. The van der Waals surface area contributed by atoms with Crippen LogP contribution in [0.25, 0.3) is 0 Å². The van der Waals surface area contributed by atoms with Crippen LogP contribution in [0.4, 0.5) is 9.18 Å². The monoisotopic (exact) mass is 319 g/mol. The van der Waals surface area contributed by atoms with E-state index in [2.05, 4.69) is 10.6 Å². The second-order valence-electron chi connectivity index (χ2n) is 6.33. The molecule has 3 amide bonds. The average Bonchev–Trinajstić information content (AvgIpc) is 3.38. The molecule has 1 aromatic rings. The molecule has 23 heavy (non-hydrogen) atoms. The summed E-state index contributed by atoms with van der Waals surface area (Å²) >= 11 is 0. The van der Waals surface area contributed by atoms with E-state index in [1.54, 1.807) is 17.0 Å². The van der Waals surface area contributed by atoms with Crippen LogP contribution in [0.15, 0.2) is 24.3 Å². The lowest BCUT2D eigenvalue weighted by atomic mass is 9.96. The number of carbonyl (C=O) groups excluding carboxylic acids is 2. The fourth-order valence-electron chi connectivity index (χ4n) is 2.77. The Hall–Kier alpha value is -2.11. The Morgan fingerprint density at radius 2 is 1.74 bits per heavy atom. The Balaban J connectivity index is 1.40. The zero-order valence-corrected chi connectivity index (χ0v) is 13.1. The molecule has 1 aliphatic carbocycles.